The molecule has 2 amide bonds. The number of carbonyl (C=O) groups is 2. The number of hydrogen-bond acceptors (Lipinski definition) is 9. The fourth-order valence-electron chi connectivity index (χ4n) is 4.06. The molecule has 1 N–H and O–H groups in total. The first-order chi connectivity index (χ1) is 17.6. The highest BCUT2D eigenvalue weighted by atomic mass is 32.1. The van der Waals surface area contributed by atoms with E-state index in [0.717, 1.165) is 23.5 Å². The van der Waals surface area contributed by atoms with Gasteiger partial charge in [0, 0.05) is 18.0 Å². The number of thiophene rings is 1. The number of tetrazole rings is 1. The minimum absolute atomic E-state index is 0.0318. The summed E-state index contributed by atoms with van der Waals surface area (Å²) in [6.07, 6.45) is 3.31. The van der Waals surface area contributed by atoms with E-state index in [-0.39, 0.29) is 36.8 Å². The van der Waals surface area contributed by atoms with Crippen LogP contribution in [0.3, 0.4) is 0 Å². The van der Waals surface area contributed by atoms with E-state index in [2.05, 4.69) is 20.7 Å². The molecule has 0 aromatic carbocycles. The molecular weight excluding hydrogens is 484 g/mol. The third-order valence-electron chi connectivity index (χ3n) is 5.82. The zero-order valence-electron chi connectivity index (χ0n) is 19.7. The molecule has 0 unspecified atom stereocenters. The number of amides is 2. The monoisotopic (exact) mass is 510 g/mol. The van der Waals surface area contributed by atoms with E-state index in [1.807, 2.05) is 24.4 Å². The highest BCUT2D eigenvalue weighted by Crippen LogP contribution is 2.26. The van der Waals surface area contributed by atoms with E-state index >= 15 is 0 Å². The van der Waals surface area contributed by atoms with Crippen LogP contribution in [0.25, 0.3) is 11.6 Å². The number of furan rings is 2. The Balaban J connectivity index is 1.38. The van der Waals surface area contributed by atoms with Crippen LogP contribution < -0.4 is 5.32 Å². The quantitative estimate of drug-likeness (QED) is 0.345. The highest BCUT2D eigenvalue weighted by molar-refractivity contribution is 7.09. The number of hydrogen-bond donors (Lipinski definition) is 1. The maximum atomic E-state index is 13.6. The van der Waals surface area contributed by atoms with Crippen LogP contribution in [-0.2, 0) is 27.4 Å². The second kappa shape index (κ2) is 10.9. The van der Waals surface area contributed by atoms with Crippen molar-refractivity contribution in [2.45, 2.75) is 45.0 Å². The van der Waals surface area contributed by atoms with Crippen molar-refractivity contribution >= 4 is 23.2 Å². The standard InChI is InChI=1S/C24H26N6O5S/c1-16-8-9-20(35-16)23-26-28-30(27-23)15-21(31)29(14-18-6-4-12-36-18)22(19-7-3-11-34-19)24(32)25-13-17-5-2-10-33-17/h3-4,6-9,11-12,17,22H,2,5,10,13-15H2,1H3,(H,25,32)/t17-,22+/m1/s1. The molecule has 5 rings (SSSR count). The summed E-state index contributed by atoms with van der Waals surface area (Å²) in [5.41, 5.74) is 0. The molecular formula is C24H26N6O5S. The first-order valence-electron chi connectivity index (χ1n) is 11.7. The molecule has 0 aliphatic carbocycles. The minimum Gasteiger partial charge on any atom is -0.467 e. The van der Waals surface area contributed by atoms with Gasteiger partial charge in [-0.15, -0.1) is 21.5 Å². The molecule has 0 bridgehead atoms. The van der Waals surface area contributed by atoms with Crippen LogP contribution >= 0.6 is 11.3 Å². The van der Waals surface area contributed by atoms with E-state index < -0.39 is 6.04 Å². The van der Waals surface area contributed by atoms with Crippen LogP contribution in [0.4, 0.5) is 0 Å². The highest BCUT2D eigenvalue weighted by Gasteiger charge is 2.35. The Hall–Kier alpha value is -3.77. The Bertz CT molecular complexity index is 1280. The Kier molecular flexibility index (Phi) is 7.23. The maximum Gasteiger partial charge on any atom is 0.250 e. The van der Waals surface area contributed by atoms with Gasteiger partial charge in [-0.2, -0.15) is 4.80 Å². The fraction of sp³-hybridized carbons (Fsp3) is 0.375. The van der Waals surface area contributed by atoms with Gasteiger partial charge in [0.25, 0.3) is 5.91 Å². The van der Waals surface area contributed by atoms with Crippen molar-refractivity contribution in [1.82, 2.24) is 30.4 Å². The van der Waals surface area contributed by atoms with Crippen LogP contribution in [0.5, 0.6) is 0 Å². The molecule has 1 aliphatic heterocycles. The molecule has 36 heavy (non-hydrogen) atoms. The molecule has 188 valence electrons. The maximum absolute atomic E-state index is 13.6. The molecule has 11 nitrogen and oxygen atoms in total. The van der Waals surface area contributed by atoms with E-state index in [9.17, 15) is 9.59 Å². The number of aromatic nitrogens is 4. The summed E-state index contributed by atoms with van der Waals surface area (Å²) in [4.78, 5) is 30.7. The van der Waals surface area contributed by atoms with Crippen molar-refractivity contribution in [3.8, 4) is 11.6 Å². The molecule has 4 aromatic rings. The van der Waals surface area contributed by atoms with Crippen LogP contribution in [-0.4, -0.2) is 56.2 Å². The van der Waals surface area contributed by atoms with E-state index in [0.29, 0.717) is 24.7 Å². The van der Waals surface area contributed by atoms with Gasteiger partial charge in [-0.05, 0) is 60.7 Å². The van der Waals surface area contributed by atoms with E-state index in [1.165, 1.54) is 27.3 Å². The SMILES string of the molecule is Cc1ccc(-c2nnn(CC(=O)N(Cc3cccs3)[C@H](C(=O)NC[C@H]3CCCO3)c3ccco3)n2)o1. The van der Waals surface area contributed by atoms with Crippen molar-refractivity contribution in [1.29, 1.82) is 0 Å². The van der Waals surface area contributed by atoms with Crippen LogP contribution in [0.15, 0.2) is 56.9 Å². The van der Waals surface area contributed by atoms with Gasteiger partial charge in [0.2, 0.25) is 11.7 Å². The van der Waals surface area contributed by atoms with Crippen molar-refractivity contribution in [2.75, 3.05) is 13.2 Å². The van der Waals surface area contributed by atoms with Gasteiger partial charge < -0.3 is 23.8 Å². The van der Waals surface area contributed by atoms with Gasteiger partial charge in [0.15, 0.2) is 11.8 Å². The zero-order valence-corrected chi connectivity index (χ0v) is 20.5. The van der Waals surface area contributed by atoms with Crippen LogP contribution in [0.1, 0.15) is 35.3 Å². The number of aryl methyl sites for hydroxylation is 1. The lowest BCUT2D eigenvalue weighted by Gasteiger charge is -2.29. The minimum atomic E-state index is -0.980. The average molecular weight is 511 g/mol. The molecule has 5 heterocycles. The summed E-state index contributed by atoms with van der Waals surface area (Å²) in [5, 5.41) is 17.2. The van der Waals surface area contributed by atoms with Crippen LogP contribution in [0.2, 0.25) is 0 Å². The number of nitrogens with zero attached hydrogens (tertiary/aromatic N) is 5. The van der Waals surface area contributed by atoms with Gasteiger partial charge in [-0.1, -0.05) is 6.07 Å². The summed E-state index contributed by atoms with van der Waals surface area (Å²) in [7, 11) is 0. The summed E-state index contributed by atoms with van der Waals surface area (Å²) >= 11 is 1.50. The second-order valence-corrected chi connectivity index (χ2v) is 9.49. The molecule has 0 saturated carbocycles. The topological polar surface area (TPSA) is 129 Å². The predicted octanol–water partition coefficient (Wildman–Crippen LogP) is 2.96. The molecule has 2 atom stereocenters. The first kappa shape index (κ1) is 23.9. The third-order valence-corrected chi connectivity index (χ3v) is 6.68. The van der Waals surface area contributed by atoms with Gasteiger partial charge in [0.1, 0.15) is 18.1 Å². The van der Waals surface area contributed by atoms with Gasteiger partial charge in [-0.25, -0.2) is 0 Å². The Morgan fingerprint density at radius 1 is 1.28 bits per heavy atom. The van der Waals surface area contributed by atoms with E-state index in [1.54, 1.807) is 24.3 Å². The second-order valence-electron chi connectivity index (χ2n) is 8.45. The van der Waals surface area contributed by atoms with Gasteiger partial charge in [-0.3, -0.25) is 9.59 Å². The number of nitrogens with one attached hydrogen (secondary N) is 1. The smallest absolute Gasteiger partial charge is 0.250 e. The Morgan fingerprint density at radius 2 is 2.19 bits per heavy atom. The van der Waals surface area contributed by atoms with Crippen LogP contribution in [0, 0.1) is 6.92 Å². The zero-order chi connectivity index (χ0) is 24.9. The van der Waals surface area contributed by atoms with Gasteiger partial charge >= 0.3 is 0 Å². The molecule has 0 spiro atoms. The molecule has 1 fully saturated rings. The number of rotatable bonds is 10. The van der Waals surface area contributed by atoms with Crippen molar-refractivity contribution in [3.05, 3.63) is 64.4 Å². The Labute approximate surface area is 211 Å². The van der Waals surface area contributed by atoms with Crippen molar-refractivity contribution in [2.24, 2.45) is 0 Å². The summed E-state index contributed by atoms with van der Waals surface area (Å²) in [5.74, 6) is 1.11. The lowest BCUT2D eigenvalue weighted by molar-refractivity contribution is -0.143. The number of ether oxygens (including phenoxy) is 1. The fourth-order valence-corrected chi connectivity index (χ4v) is 4.76. The summed E-state index contributed by atoms with van der Waals surface area (Å²) < 4.78 is 16.8. The predicted molar refractivity (Wildman–Crippen MR) is 129 cm³/mol. The Morgan fingerprint density at radius 3 is 2.89 bits per heavy atom. The number of carbonyl (C=O) groups excluding carboxylic acids is 2. The summed E-state index contributed by atoms with van der Waals surface area (Å²) in [6, 6.07) is 9.76. The summed E-state index contributed by atoms with van der Waals surface area (Å²) in [6.45, 7) is 2.88. The molecule has 1 aliphatic rings. The molecule has 12 heteroatoms. The van der Waals surface area contributed by atoms with Gasteiger partial charge in [0.05, 0.1) is 18.9 Å². The molecule has 4 aromatic heterocycles. The lowest BCUT2D eigenvalue weighted by atomic mass is 10.1. The normalized spacial score (nSPS) is 16.2. The van der Waals surface area contributed by atoms with Crippen molar-refractivity contribution < 1.29 is 23.2 Å². The van der Waals surface area contributed by atoms with Crippen molar-refractivity contribution in [3.63, 3.8) is 0 Å². The molecule has 0 radical (unpaired) electrons. The average Bonchev–Trinajstić information content (AvgIpc) is 3.68. The first-order valence-corrected chi connectivity index (χ1v) is 12.5. The van der Waals surface area contributed by atoms with E-state index in [4.69, 9.17) is 13.6 Å². The largest absolute Gasteiger partial charge is 0.467 e. The molecule has 1 saturated heterocycles. The third kappa shape index (κ3) is 5.55. The lowest BCUT2D eigenvalue weighted by Crippen LogP contribution is -2.46.